The first kappa shape index (κ1) is 9.40. The number of H-pyrrole nitrogens is 1. The van der Waals surface area contributed by atoms with E-state index in [1.165, 1.54) is 37.1 Å². The molecule has 0 unspecified atom stereocenters. The highest BCUT2D eigenvalue weighted by atomic mass is 15.1. The molecule has 1 aliphatic heterocycles. The summed E-state index contributed by atoms with van der Waals surface area (Å²) in [4.78, 5) is 7.86. The zero-order chi connectivity index (χ0) is 10.3. The number of aromatic amines is 1. The third-order valence-corrected chi connectivity index (χ3v) is 4.26. The van der Waals surface area contributed by atoms with Gasteiger partial charge in [-0.25, -0.2) is 4.98 Å². The molecule has 2 heterocycles. The van der Waals surface area contributed by atoms with Crippen LogP contribution in [0.1, 0.15) is 44.0 Å². The third-order valence-electron chi connectivity index (χ3n) is 4.26. The lowest BCUT2D eigenvalue weighted by molar-refractivity contribution is 0.141. The number of hydrogen-bond acceptors (Lipinski definition) is 2. The van der Waals surface area contributed by atoms with Crippen molar-refractivity contribution in [3.8, 4) is 0 Å². The Bertz CT molecular complexity index is 358. The van der Waals surface area contributed by atoms with Crippen LogP contribution in [0.15, 0.2) is 6.33 Å². The summed E-state index contributed by atoms with van der Waals surface area (Å²) in [7, 11) is 0. The highest BCUT2D eigenvalue weighted by Crippen LogP contribution is 2.43. The molecule has 1 spiro atoms. The third kappa shape index (κ3) is 1.26. The van der Waals surface area contributed by atoms with E-state index < -0.39 is 0 Å². The zero-order valence-corrected chi connectivity index (χ0v) is 9.34. The first-order chi connectivity index (χ1) is 7.33. The van der Waals surface area contributed by atoms with Gasteiger partial charge >= 0.3 is 0 Å². The van der Waals surface area contributed by atoms with Crippen LogP contribution in [-0.4, -0.2) is 16.5 Å². The Hall–Kier alpha value is -0.830. The van der Waals surface area contributed by atoms with Crippen molar-refractivity contribution >= 4 is 0 Å². The Morgan fingerprint density at radius 2 is 2.40 bits per heavy atom. The molecule has 2 aliphatic rings. The number of nitrogens with zero attached hydrogens (tertiary/aromatic N) is 1. The zero-order valence-electron chi connectivity index (χ0n) is 9.34. The number of fused-ring (bicyclic) bond motifs is 2. The fourth-order valence-corrected chi connectivity index (χ4v) is 3.35. The second kappa shape index (κ2) is 3.34. The molecule has 1 fully saturated rings. The SMILES string of the molecule is C[C@H]1CCCC[C@@]12NCCc1[nH]cnc12. The second-order valence-electron chi connectivity index (χ2n) is 5.02. The molecule has 1 aromatic rings. The van der Waals surface area contributed by atoms with Crippen molar-refractivity contribution in [1.82, 2.24) is 15.3 Å². The number of rotatable bonds is 0. The lowest BCUT2D eigenvalue weighted by atomic mass is 9.70. The largest absolute Gasteiger partial charge is 0.348 e. The minimum atomic E-state index is 0.186. The maximum absolute atomic E-state index is 4.57. The summed E-state index contributed by atoms with van der Waals surface area (Å²) in [6.07, 6.45) is 8.27. The maximum atomic E-state index is 4.57. The molecule has 1 aromatic heterocycles. The van der Waals surface area contributed by atoms with Crippen molar-refractivity contribution in [1.29, 1.82) is 0 Å². The van der Waals surface area contributed by atoms with Crippen LogP contribution in [0.25, 0.3) is 0 Å². The Balaban J connectivity index is 2.05. The number of hydrogen-bond donors (Lipinski definition) is 2. The molecule has 0 radical (unpaired) electrons. The van der Waals surface area contributed by atoms with Gasteiger partial charge in [0.05, 0.1) is 17.6 Å². The molecule has 0 saturated heterocycles. The van der Waals surface area contributed by atoms with Crippen molar-refractivity contribution in [2.45, 2.75) is 44.6 Å². The van der Waals surface area contributed by atoms with Crippen LogP contribution in [0, 0.1) is 5.92 Å². The monoisotopic (exact) mass is 205 g/mol. The van der Waals surface area contributed by atoms with Crippen LogP contribution < -0.4 is 5.32 Å². The second-order valence-corrected chi connectivity index (χ2v) is 5.02. The fraction of sp³-hybridized carbons (Fsp3) is 0.750. The van der Waals surface area contributed by atoms with Gasteiger partial charge in [0, 0.05) is 18.7 Å². The van der Waals surface area contributed by atoms with Crippen LogP contribution in [0.3, 0.4) is 0 Å². The molecule has 0 bridgehead atoms. The Morgan fingerprint density at radius 1 is 1.47 bits per heavy atom. The molecule has 0 amide bonds. The van der Waals surface area contributed by atoms with Crippen molar-refractivity contribution in [2.75, 3.05) is 6.54 Å². The van der Waals surface area contributed by atoms with Gasteiger partial charge in [-0.05, 0) is 18.8 Å². The van der Waals surface area contributed by atoms with Crippen molar-refractivity contribution in [2.24, 2.45) is 5.92 Å². The fourth-order valence-electron chi connectivity index (χ4n) is 3.35. The summed E-state index contributed by atoms with van der Waals surface area (Å²) < 4.78 is 0. The topological polar surface area (TPSA) is 40.7 Å². The smallest absolute Gasteiger partial charge is 0.0926 e. The molecular formula is C12H19N3. The van der Waals surface area contributed by atoms with Crippen LogP contribution >= 0.6 is 0 Å². The van der Waals surface area contributed by atoms with E-state index in [1.54, 1.807) is 0 Å². The van der Waals surface area contributed by atoms with Gasteiger partial charge in [0.25, 0.3) is 0 Å². The summed E-state index contributed by atoms with van der Waals surface area (Å²) in [6.45, 7) is 3.47. The van der Waals surface area contributed by atoms with Gasteiger partial charge in [0.2, 0.25) is 0 Å². The minimum absolute atomic E-state index is 0.186. The van der Waals surface area contributed by atoms with E-state index in [-0.39, 0.29) is 5.54 Å². The van der Waals surface area contributed by atoms with Gasteiger partial charge in [0.1, 0.15) is 0 Å². The Morgan fingerprint density at radius 3 is 3.27 bits per heavy atom. The van der Waals surface area contributed by atoms with Gasteiger partial charge in [-0.2, -0.15) is 0 Å². The average Bonchev–Trinajstić information content (AvgIpc) is 2.72. The predicted octanol–water partition coefficient (Wildman–Crippen LogP) is 1.96. The molecule has 3 nitrogen and oxygen atoms in total. The molecule has 0 aromatic carbocycles. The Kier molecular flexibility index (Phi) is 2.09. The van der Waals surface area contributed by atoms with E-state index in [0.717, 1.165) is 13.0 Å². The molecule has 3 rings (SSSR count). The normalized spacial score (nSPS) is 35.4. The average molecular weight is 205 g/mol. The lowest BCUT2D eigenvalue weighted by Gasteiger charge is -2.45. The standard InChI is InChI=1S/C12H19N3/c1-9-4-2-3-6-12(9)11-10(5-7-15-12)13-8-14-11/h8-9,15H,2-7H2,1H3,(H,13,14)/t9-,12+/m0/s1. The van der Waals surface area contributed by atoms with E-state index in [0.29, 0.717) is 5.92 Å². The molecule has 15 heavy (non-hydrogen) atoms. The maximum Gasteiger partial charge on any atom is 0.0926 e. The van der Waals surface area contributed by atoms with Crippen LogP contribution in [-0.2, 0) is 12.0 Å². The highest BCUT2D eigenvalue weighted by Gasteiger charge is 2.44. The quantitative estimate of drug-likeness (QED) is 0.679. The van der Waals surface area contributed by atoms with Gasteiger partial charge in [-0.15, -0.1) is 0 Å². The van der Waals surface area contributed by atoms with Crippen molar-refractivity contribution < 1.29 is 0 Å². The van der Waals surface area contributed by atoms with Gasteiger partial charge < -0.3 is 10.3 Å². The molecule has 3 heteroatoms. The summed E-state index contributed by atoms with van der Waals surface area (Å²) >= 11 is 0. The highest BCUT2D eigenvalue weighted by molar-refractivity contribution is 5.26. The summed E-state index contributed by atoms with van der Waals surface area (Å²) in [5, 5.41) is 3.74. The number of imidazole rings is 1. The van der Waals surface area contributed by atoms with Gasteiger partial charge in [-0.3, -0.25) is 0 Å². The number of aromatic nitrogens is 2. The molecule has 82 valence electrons. The van der Waals surface area contributed by atoms with Crippen LogP contribution in [0.4, 0.5) is 0 Å². The molecule has 1 saturated carbocycles. The summed E-state index contributed by atoms with van der Waals surface area (Å²) in [5.41, 5.74) is 2.86. The lowest BCUT2D eigenvalue weighted by Crippen LogP contribution is -2.53. The van der Waals surface area contributed by atoms with Crippen LogP contribution in [0.5, 0.6) is 0 Å². The Labute approximate surface area is 90.7 Å². The first-order valence-corrected chi connectivity index (χ1v) is 6.11. The predicted molar refractivity (Wildman–Crippen MR) is 59.6 cm³/mol. The first-order valence-electron chi connectivity index (χ1n) is 6.11. The van der Waals surface area contributed by atoms with Gasteiger partial charge in [0.15, 0.2) is 0 Å². The van der Waals surface area contributed by atoms with Gasteiger partial charge in [-0.1, -0.05) is 19.8 Å². The van der Waals surface area contributed by atoms with Crippen molar-refractivity contribution in [3.05, 3.63) is 17.7 Å². The van der Waals surface area contributed by atoms with E-state index in [2.05, 4.69) is 22.2 Å². The van der Waals surface area contributed by atoms with E-state index in [1.807, 2.05) is 6.33 Å². The molecule has 2 N–H and O–H groups in total. The molecular weight excluding hydrogens is 186 g/mol. The molecule has 1 aliphatic carbocycles. The number of nitrogens with one attached hydrogen (secondary N) is 2. The van der Waals surface area contributed by atoms with E-state index >= 15 is 0 Å². The summed E-state index contributed by atoms with van der Waals surface area (Å²) in [5.74, 6) is 0.716. The summed E-state index contributed by atoms with van der Waals surface area (Å²) in [6, 6.07) is 0. The van der Waals surface area contributed by atoms with Crippen LogP contribution in [0.2, 0.25) is 0 Å². The van der Waals surface area contributed by atoms with Crippen molar-refractivity contribution in [3.63, 3.8) is 0 Å². The molecule has 2 atom stereocenters. The van der Waals surface area contributed by atoms with E-state index in [9.17, 15) is 0 Å². The van der Waals surface area contributed by atoms with E-state index in [4.69, 9.17) is 0 Å². The minimum Gasteiger partial charge on any atom is -0.348 e.